The van der Waals surface area contributed by atoms with Gasteiger partial charge in [0.2, 0.25) is 0 Å². The van der Waals surface area contributed by atoms with Crippen molar-refractivity contribution in [2.24, 2.45) is 17.3 Å². The molecule has 0 radical (unpaired) electrons. The average molecular weight is 320 g/mol. The zero-order valence-electron chi connectivity index (χ0n) is 13.4. The highest BCUT2D eigenvalue weighted by Crippen LogP contribution is 2.52. The van der Waals surface area contributed by atoms with Crippen LogP contribution in [0.2, 0.25) is 0 Å². The number of hydrogen-bond donors (Lipinski definition) is 2. The second-order valence-corrected chi connectivity index (χ2v) is 6.36. The van der Waals surface area contributed by atoms with E-state index >= 15 is 0 Å². The number of fused-ring (bicyclic) bond motifs is 1. The van der Waals surface area contributed by atoms with Crippen LogP contribution in [0.25, 0.3) is 0 Å². The molecule has 1 aromatic heterocycles. The number of quaternary nitrogens is 1. The molecule has 1 fully saturated rings. The van der Waals surface area contributed by atoms with E-state index in [1.165, 1.54) is 11.2 Å². The molecule has 24 heavy (non-hydrogen) atoms. The van der Waals surface area contributed by atoms with Crippen LogP contribution in [0.15, 0.2) is 34.7 Å². The van der Waals surface area contributed by atoms with E-state index in [9.17, 15) is 15.8 Å². The second kappa shape index (κ2) is 5.96. The van der Waals surface area contributed by atoms with E-state index in [0.717, 1.165) is 30.8 Å². The largest absolute Gasteiger partial charge is 0.472 e. The normalized spacial score (nSPS) is 31.1. The Hall–Kier alpha value is -2.88. The van der Waals surface area contributed by atoms with Crippen molar-refractivity contribution in [3.8, 4) is 18.2 Å². The summed E-state index contributed by atoms with van der Waals surface area (Å²) >= 11 is 0. The summed E-state index contributed by atoms with van der Waals surface area (Å²) < 4.78 is 5.19. The molecule has 0 spiro atoms. The van der Waals surface area contributed by atoms with Gasteiger partial charge in [0.05, 0.1) is 56.1 Å². The topological polar surface area (TPSA) is 113 Å². The summed E-state index contributed by atoms with van der Waals surface area (Å²) in [4.78, 5) is 1.34. The fourth-order valence-electron chi connectivity index (χ4n) is 4.08. The summed E-state index contributed by atoms with van der Waals surface area (Å²) in [6.45, 7) is 4.57. The minimum atomic E-state index is -1.64. The van der Waals surface area contributed by atoms with Crippen LogP contribution >= 0.6 is 0 Å². The molecular weight excluding hydrogens is 302 g/mol. The van der Waals surface area contributed by atoms with E-state index in [1.807, 2.05) is 6.08 Å². The Morgan fingerprint density at radius 3 is 2.67 bits per heavy atom. The number of nitriles is 3. The van der Waals surface area contributed by atoms with Gasteiger partial charge in [-0.25, -0.2) is 0 Å². The van der Waals surface area contributed by atoms with Crippen molar-refractivity contribution in [3.05, 3.63) is 35.8 Å². The molecule has 6 heteroatoms. The van der Waals surface area contributed by atoms with Gasteiger partial charge >= 0.3 is 0 Å². The van der Waals surface area contributed by atoms with Crippen LogP contribution in [0.5, 0.6) is 0 Å². The molecule has 2 aliphatic rings. The average Bonchev–Trinajstić information content (AvgIpc) is 3.14. The van der Waals surface area contributed by atoms with Crippen LogP contribution in [-0.2, 0) is 0 Å². The summed E-state index contributed by atoms with van der Waals surface area (Å²) in [5.74, 6) is -1.41. The molecule has 0 bridgehead atoms. The van der Waals surface area contributed by atoms with Crippen molar-refractivity contribution in [2.75, 3.05) is 19.6 Å². The Kier molecular flexibility index (Phi) is 3.97. The lowest BCUT2D eigenvalue weighted by Gasteiger charge is -2.45. The van der Waals surface area contributed by atoms with Gasteiger partial charge in [0.25, 0.3) is 0 Å². The number of nitrogens with zero attached hydrogens (tertiary/aromatic N) is 3. The second-order valence-electron chi connectivity index (χ2n) is 6.36. The van der Waals surface area contributed by atoms with Crippen LogP contribution in [0, 0.1) is 56.7 Å². The number of rotatable bonds is 2. The maximum atomic E-state index is 9.83. The molecule has 1 aliphatic carbocycles. The van der Waals surface area contributed by atoms with Crippen molar-refractivity contribution in [1.29, 1.82) is 21.2 Å². The van der Waals surface area contributed by atoms with E-state index < -0.39 is 17.3 Å². The third-order valence-electron chi connectivity index (χ3n) is 5.36. The van der Waals surface area contributed by atoms with Crippen LogP contribution in [0.3, 0.4) is 0 Å². The smallest absolute Gasteiger partial charge is 0.190 e. The Morgan fingerprint density at radius 2 is 2.12 bits per heavy atom. The molecule has 6 nitrogen and oxygen atoms in total. The molecule has 2 heterocycles. The molecule has 2 N–H and O–H groups in total. The van der Waals surface area contributed by atoms with Gasteiger partial charge in [0, 0.05) is 11.8 Å². The van der Waals surface area contributed by atoms with Crippen molar-refractivity contribution in [1.82, 2.24) is 0 Å². The molecule has 0 amide bonds. The third kappa shape index (κ3) is 2.07. The zero-order valence-corrected chi connectivity index (χ0v) is 13.4. The van der Waals surface area contributed by atoms with Crippen molar-refractivity contribution < 1.29 is 9.32 Å². The predicted molar refractivity (Wildman–Crippen MR) is 84.7 cm³/mol. The molecule has 3 rings (SSSR count). The lowest BCUT2D eigenvalue weighted by atomic mass is 9.54. The minimum absolute atomic E-state index is 0.108. The highest BCUT2D eigenvalue weighted by Gasteiger charge is 2.58. The van der Waals surface area contributed by atoms with Crippen LogP contribution in [0.1, 0.15) is 18.4 Å². The number of furan rings is 1. The fraction of sp³-hybridized carbons (Fsp3) is 0.444. The minimum Gasteiger partial charge on any atom is -0.472 e. The molecule has 4 atom stereocenters. The van der Waals surface area contributed by atoms with Crippen LogP contribution in [-0.4, -0.2) is 25.3 Å². The monoisotopic (exact) mass is 320 g/mol. The van der Waals surface area contributed by atoms with Gasteiger partial charge in [-0.2, -0.15) is 15.8 Å². The lowest BCUT2D eigenvalue weighted by Crippen LogP contribution is -3.13. The molecule has 2 unspecified atom stereocenters. The van der Waals surface area contributed by atoms with E-state index in [1.54, 1.807) is 12.3 Å². The molecule has 1 aliphatic heterocycles. The fourth-order valence-corrected chi connectivity index (χ4v) is 4.08. The lowest BCUT2D eigenvalue weighted by molar-refractivity contribution is -0.897. The summed E-state index contributed by atoms with van der Waals surface area (Å²) in [5.41, 5.74) is -0.120. The van der Waals surface area contributed by atoms with Crippen molar-refractivity contribution >= 4 is 5.71 Å². The van der Waals surface area contributed by atoms with Gasteiger partial charge in [-0.05, 0) is 30.2 Å². The third-order valence-corrected chi connectivity index (χ3v) is 5.36. The molecular formula is C18H18N5O+. The van der Waals surface area contributed by atoms with E-state index in [-0.39, 0.29) is 11.6 Å². The van der Waals surface area contributed by atoms with Crippen LogP contribution < -0.4 is 4.90 Å². The van der Waals surface area contributed by atoms with Crippen molar-refractivity contribution in [3.63, 3.8) is 0 Å². The van der Waals surface area contributed by atoms with Gasteiger partial charge in [-0.3, -0.25) is 0 Å². The highest BCUT2D eigenvalue weighted by atomic mass is 16.3. The van der Waals surface area contributed by atoms with Gasteiger partial charge < -0.3 is 14.7 Å². The first-order valence-corrected chi connectivity index (χ1v) is 7.99. The maximum absolute atomic E-state index is 9.83. The van der Waals surface area contributed by atoms with Crippen molar-refractivity contribution in [2.45, 2.75) is 12.8 Å². The first-order valence-electron chi connectivity index (χ1n) is 7.99. The quantitative estimate of drug-likeness (QED) is 0.792. The predicted octanol–water partition coefficient (Wildman–Crippen LogP) is 1.03. The van der Waals surface area contributed by atoms with Gasteiger partial charge in [-0.15, -0.1) is 0 Å². The summed E-state index contributed by atoms with van der Waals surface area (Å²) in [6, 6.07) is 8.04. The molecule has 1 saturated carbocycles. The highest BCUT2D eigenvalue weighted by molar-refractivity contribution is 6.00. The Morgan fingerprint density at radius 1 is 1.38 bits per heavy atom. The molecule has 0 aromatic carbocycles. The summed E-state index contributed by atoms with van der Waals surface area (Å²) in [5, 5.41) is 37.7. The Bertz CT molecular complexity index is 788. The zero-order chi connectivity index (χ0) is 17.3. The Balaban J connectivity index is 2.23. The molecule has 0 saturated heterocycles. The summed E-state index contributed by atoms with van der Waals surface area (Å²) in [6.07, 6.45) is 5.10. The maximum Gasteiger partial charge on any atom is 0.190 e. The van der Waals surface area contributed by atoms with Gasteiger partial charge in [0.1, 0.15) is 5.92 Å². The standard InChI is InChI=1S/C18H17N5O/c1-2-23-5-3-13-14(7-19)17(22)18(10-20,11-21)16(15(13)8-23)12-4-6-24-9-12/h3-4,6,9,14-16,22H,2,5,8H2,1H3/p+1/t14?,15-,16+/m1/s1. The first-order chi connectivity index (χ1) is 11.6. The van der Waals surface area contributed by atoms with Gasteiger partial charge in [0.15, 0.2) is 5.41 Å². The number of hydrogen-bond acceptors (Lipinski definition) is 5. The molecule has 120 valence electrons. The van der Waals surface area contributed by atoms with E-state index in [2.05, 4.69) is 25.1 Å². The van der Waals surface area contributed by atoms with Gasteiger partial charge in [-0.1, -0.05) is 0 Å². The summed E-state index contributed by atoms with van der Waals surface area (Å²) in [7, 11) is 0. The first kappa shape index (κ1) is 16.0. The number of likely N-dealkylation sites (N-methyl/N-ethyl adjacent to an activating group) is 1. The SMILES string of the molecule is CC[NH+]1CC=C2C(C#N)C(=N)C(C#N)(C#N)[C@@H](c3ccoc3)[C@@H]2C1. The molecule has 1 aromatic rings. The number of nitrogens with one attached hydrogen (secondary N) is 2. The van der Waals surface area contributed by atoms with Crippen LogP contribution in [0.4, 0.5) is 0 Å². The van der Waals surface area contributed by atoms with E-state index in [4.69, 9.17) is 9.83 Å². The van der Waals surface area contributed by atoms with E-state index in [0.29, 0.717) is 0 Å². The Labute approximate surface area is 140 Å².